The van der Waals surface area contributed by atoms with Gasteiger partial charge in [-0.05, 0) is 31.4 Å². The molecule has 2 aliphatic rings. The maximum Gasteiger partial charge on any atom is 0.149 e. The zero-order chi connectivity index (χ0) is 11.8. The number of nitrogens with zero attached hydrogens (tertiary/aromatic N) is 1. The summed E-state index contributed by atoms with van der Waals surface area (Å²) in [4.78, 5) is 2.10. The molecule has 1 saturated heterocycles. The molecule has 0 radical (unpaired) electrons. The molecule has 3 rings (SSSR count). The number of anilines is 1. The Morgan fingerprint density at radius 2 is 2.12 bits per heavy atom. The quantitative estimate of drug-likeness (QED) is 0.807. The lowest BCUT2D eigenvalue weighted by atomic mass is 10.1. The molecular formula is C13H16F2N2. The van der Waals surface area contributed by atoms with E-state index in [9.17, 15) is 8.78 Å². The third-order valence-electron chi connectivity index (χ3n) is 3.86. The van der Waals surface area contributed by atoms with Crippen LogP contribution in [0.1, 0.15) is 19.3 Å². The van der Waals surface area contributed by atoms with Gasteiger partial charge in [-0.1, -0.05) is 0 Å². The Labute approximate surface area is 99.6 Å². The third kappa shape index (κ3) is 1.90. The lowest BCUT2D eigenvalue weighted by molar-refractivity contribution is 0.399. The molecule has 1 heterocycles. The van der Waals surface area contributed by atoms with Gasteiger partial charge in [-0.2, -0.15) is 0 Å². The van der Waals surface area contributed by atoms with Crippen LogP contribution < -0.4 is 10.2 Å². The van der Waals surface area contributed by atoms with Gasteiger partial charge in [0.15, 0.2) is 0 Å². The first-order valence-electron chi connectivity index (χ1n) is 6.21. The van der Waals surface area contributed by atoms with Crippen molar-refractivity contribution in [1.82, 2.24) is 5.32 Å². The highest BCUT2D eigenvalue weighted by molar-refractivity contribution is 5.50. The second-order valence-electron chi connectivity index (χ2n) is 4.85. The molecule has 17 heavy (non-hydrogen) atoms. The van der Waals surface area contributed by atoms with Crippen LogP contribution in [0, 0.1) is 11.6 Å². The summed E-state index contributed by atoms with van der Waals surface area (Å²) in [5.41, 5.74) is 0.546. The Balaban J connectivity index is 1.91. The van der Waals surface area contributed by atoms with E-state index < -0.39 is 11.6 Å². The van der Waals surface area contributed by atoms with Crippen molar-refractivity contribution in [3.8, 4) is 0 Å². The minimum atomic E-state index is -0.510. The smallest absolute Gasteiger partial charge is 0.149 e. The zero-order valence-corrected chi connectivity index (χ0v) is 9.63. The minimum Gasteiger partial charge on any atom is -0.363 e. The van der Waals surface area contributed by atoms with Crippen molar-refractivity contribution in [2.24, 2.45) is 0 Å². The van der Waals surface area contributed by atoms with E-state index in [0.29, 0.717) is 17.8 Å². The molecule has 0 bridgehead atoms. The third-order valence-corrected chi connectivity index (χ3v) is 3.86. The Morgan fingerprint density at radius 3 is 2.94 bits per heavy atom. The van der Waals surface area contributed by atoms with Crippen molar-refractivity contribution >= 4 is 5.69 Å². The number of hydrogen-bond donors (Lipinski definition) is 1. The van der Waals surface area contributed by atoms with Gasteiger partial charge in [0, 0.05) is 31.2 Å². The monoisotopic (exact) mass is 238 g/mol. The van der Waals surface area contributed by atoms with Crippen LogP contribution in [-0.4, -0.2) is 25.2 Å². The standard InChI is InChI=1S/C13H16F2N2/c14-9-4-5-12(10(15)8-9)17-7-6-16-11-2-1-3-13(11)17/h4-5,8,11,13,16H,1-3,6-7H2. The van der Waals surface area contributed by atoms with Crippen LogP contribution in [0.5, 0.6) is 0 Å². The SMILES string of the molecule is Fc1ccc(N2CCNC3CCCC32)c(F)c1. The van der Waals surface area contributed by atoms with Gasteiger partial charge < -0.3 is 10.2 Å². The lowest BCUT2D eigenvalue weighted by Crippen LogP contribution is -2.55. The highest BCUT2D eigenvalue weighted by Crippen LogP contribution is 2.32. The summed E-state index contributed by atoms with van der Waals surface area (Å²) in [6.45, 7) is 1.67. The van der Waals surface area contributed by atoms with Gasteiger partial charge in [0.2, 0.25) is 0 Å². The van der Waals surface area contributed by atoms with Gasteiger partial charge in [0.05, 0.1) is 5.69 Å². The summed E-state index contributed by atoms with van der Waals surface area (Å²) in [5.74, 6) is -0.957. The van der Waals surface area contributed by atoms with Crippen LogP contribution >= 0.6 is 0 Å². The first kappa shape index (κ1) is 11.0. The molecule has 1 saturated carbocycles. The van der Waals surface area contributed by atoms with Crippen LogP contribution in [0.3, 0.4) is 0 Å². The van der Waals surface area contributed by atoms with E-state index in [2.05, 4.69) is 10.2 Å². The van der Waals surface area contributed by atoms with E-state index in [-0.39, 0.29) is 0 Å². The second kappa shape index (κ2) is 4.26. The molecular weight excluding hydrogens is 222 g/mol. The maximum absolute atomic E-state index is 13.8. The molecule has 0 spiro atoms. The Bertz CT molecular complexity index is 422. The predicted octanol–water partition coefficient (Wildman–Crippen LogP) is 2.30. The summed E-state index contributed by atoms with van der Waals surface area (Å²) in [6, 6.07) is 4.70. The van der Waals surface area contributed by atoms with Crippen molar-refractivity contribution in [1.29, 1.82) is 0 Å². The highest BCUT2D eigenvalue weighted by Gasteiger charge is 2.35. The molecule has 0 amide bonds. The molecule has 2 unspecified atom stereocenters. The maximum atomic E-state index is 13.8. The van der Waals surface area contributed by atoms with Crippen molar-refractivity contribution in [2.75, 3.05) is 18.0 Å². The summed E-state index contributed by atoms with van der Waals surface area (Å²) >= 11 is 0. The number of nitrogens with one attached hydrogen (secondary N) is 1. The van der Waals surface area contributed by atoms with E-state index in [1.165, 1.54) is 12.5 Å². The summed E-state index contributed by atoms with van der Waals surface area (Å²) in [7, 11) is 0. The Morgan fingerprint density at radius 1 is 1.24 bits per heavy atom. The average Bonchev–Trinajstić information content (AvgIpc) is 2.77. The van der Waals surface area contributed by atoms with Gasteiger partial charge in [0.25, 0.3) is 0 Å². The van der Waals surface area contributed by atoms with Crippen molar-refractivity contribution < 1.29 is 8.78 Å². The Hall–Kier alpha value is -1.16. The second-order valence-corrected chi connectivity index (χ2v) is 4.85. The normalized spacial score (nSPS) is 28.2. The fourth-order valence-electron chi connectivity index (χ4n) is 3.10. The van der Waals surface area contributed by atoms with E-state index >= 15 is 0 Å². The average molecular weight is 238 g/mol. The number of hydrogen-bond acceptors (Lipinski definition) is 2. The van der Waals surface area contributed by atoms with Gasteiger partial charge in [-0.25, -0.2) is 8.78 Å². The Kier molecular flexibility index (Phi) is 2.74. The molecule has 1 aromatic rings. The highest BCUT2D eigenvalue weighted by atomic mass is 19.1. The lowest BCUT2D eigenvalue weighted by Gasteiger charge is -2.40. The fourth-order valence-corrected chi connectivity index (χ4v) is 3.10. The van der Waals surface area contributed by atoms with Crippen LogP contribution in [0.4, 0.5) is 14.5 Å². The number of benzene rings is 1. The molecule has 2 atom stereocenters. The summed E-state index contributed by atoms with van der Waals surface area (Å²) in [5, 5.41) is 3.47. The molecule has 1 N–H and O–H groups in total. The van der Waals surface area contributed by atoms with Gasteiger partial charge >= 0.3 is 0 Å². The molecule has 2 nitrogen and oxygen atoms in total. The topological polar surface area (TPSA) is 15.3 Å². The number of halogens is 2. The van der Waals surface area contributed by atoms with Crippen LogP contribution in [-0.2, 0) is 0 Å². The summed E-state index contributed by atoms with van der Waals surface area (Å²) < 4.78 is 26.7. The number of fused-ring (bicyclic) bond motifs is 1. The molecule has 0 aromatic heterocycles. The van der Waals surface area contributed by atoms with Crippen molar-refractivity contribution in [3.63, 3.8) is 0 Å². The molecule has 2 fully saturated rings. The van der Waals surface area contributed by atoms with E-state index in [4.69, 9.17) is 0 Å². The van der Waals surface area contributed by atoms with Crippen LogP contribution in [0.25, 0.3) is 0 Å². The predicted molar refractivity (Wildman–Crippen MR) is 63.1 cm³/mol. The largest absolute Gasteiger partial charge is 0.363 e. The molecule has 92 valence electrons. The molecule has 1 aliphatic heterocycles. The first-order valence-corrected chi connectivity index (χ1v) is 6.21. The van der Waals surface area contributed by atoms with Crippen molar-refractivity contribution in [3.05, 3.63) is 29.8 Å². The van der Waals surface area contributed by atoms with Crippen molar-refractivity contribution in [2.45, 2.75) is 31.3 Å². The van der Waals surface area contributed by atoms with Crippen LogP contribution in [0.2, 0.25) is 0 Å². The fraction of sp³-hybridized carbons (Fsp3) is 0.538. The van der Waals surface area contributed by atoms with Crippen LogP contribution in [0.15, 0.2) is 18.2 Å². The molecule has 1 aromatic carbocycles. The van der Waals surface area contributed by atoms with Gasteiger partial charge in [-0.3, -0.25) is 0 Å². The van der Waals surface area contributed by atoms with E-state index in [0.717, 1.165) is 32.0 Å². The minimum absolute atomic E-state index is 0.365. The molecule has 1 aliphatic carbocycles. The van der Waals surface area contributed by atoms with E-state index in [1.54, 1.807) is 6.07 Å². The van der Waals surface area contributed by atoms with E-state index in [1.807, 2.05) is 0 Å². The van der Waals surface area contributed by atoms with Gasteiger partial charge in [-0.15, -0.1) is 0 Å². The number of rotatable bonds is 1. The summed E-state index contributed by atoms with van der Waals surface area (Å²) in [6.07, 6.45) is 3.43. The van der Waals surface area contributed by atoms with Gasteiger partial charge in [0.1, 0.15) is 11.6 Å². The first-order chi connectivity index (χ1) is 8.25. The number of piperazine rings is 1. The molecule has 4 heteroatoms. The zero-order valence-electron chi connectivity index (χ0n) is 9.63.